The molecule has 43 heavy (non-hydrogen) atoms. The lowest BCUT2D eigenvalue weighted by Gasteiger charge is -2.44. The Morgan fingerprint density at radius 3 is 2.23 bits per heavy atom. The molecule has 0 aromatic heterocycles. The average molecular weight is 629 g/mol. The van der Waals surface area contributed by atoms with Crippen molar-refractivity contribution in [3.05, 3.63) is 104 Å². The van der Waals surface area contributed by atoms with E-state index in [0.29, 0.717) is 59.2 Å². The van der Waals surface area contributed by atoms with Gasteiger partial charge in [0, 0.05) is 41.9 Å². The SMILES string of the molecule is CC[C@@](O)(c1cc(F)c2c(c1)C(=O)N([C@H](c1ccc(Cl)cc1)[C@H](C)C(C)=O)C2(OC)c1ccc(Cl)cc1)C1CCOCC1. The van der Waals surface area contributed by atoms with Gasteiger partial charge in [-0.2, -0.15) is 0 Å². The zero-order valence-electron chi connectivity index (χ0n) is 24.7. The first-order valence-electron chi connectivity index (χ1n) is 14.5. The van der Waals surface area contributed by atoms with Gasteiger partial charge in [-0.15, -0.1) is 0 Å². The van der Waals surface area contributed by atoms with E-state index in [-0.39, 0.29) is 22.8 Å². The van der Waals surface area contributed by atoms with E-state index in [1.54, 1.807) is 61.5 Å². The summed E-state index contributed by atoms with van der Waals surface area (Å²) in [6.45, 7) is 6.06. The van der Waals surface area contributed by atoms with Gasteiger partial charge in [0.1, 0.15) is 11.6 Å². The quantitative estimate of drug-likeness (QED) is 0.267. The van der Waals surface area contributed by atoms with Gasteiger partial charge >= 0.3 is 0 Å². The van der Waals surface area contributed by atoms with Crippen molar-refractivity contribution in [2.75, 3.05) is 20.3 Å². The highest BCUT2D eigenvalue weighted by atomic mass is 35.5. The molecule has 0 bridgehead atoms. The van der Waals surface area contributed by atoms with E-state index >= 15 is 4.39 Å². The van der Waals surface area contributed by atoms with Crippen LogP contribution in [0.5, 0.6) is 0 Å². The number of carbonyl (C=O) groups excluding carboxylic acids is 2. The van der Waals surface area contributed by atoms with Gasteiger partial charge < -0.3 is 14.6 Å². The predicted octanol–water partition coefficient (Wildman–Crippen LogP) is 7.43. The number of carbonyl (C=O) groups is 2. The molecule has 228 valence electrons. The Morgan fingerprint density at radius 2 is 1.70 bits per heavy atom. The summed E-state index contributed by atoms with van der Waals surface area (Å²) in [7, 11) is 1.42. The van der Waals surface area contributed by atoms with Crippen LogP contribution in [0.3, 0.4) is 0 Å². The molecule has 3 aromatic carbocycles. The number of ketones is 1. The molecule has 1 saturated heterocycles. The molecule has 1 fully saturated rings. The number of halogens is 3. The Morgan fingerprint density at radius 1 is 1.12 bits per heavy atom. The lowest BCUT2D eigenvalue weighted by molar-refractivity contribution is -0.131. The van der Waals surface area contributed by atoms with Crippen molar-refractivity contribution < 1.29 is 28.6 Å². The molecule has 1 N–H and O–H groups in total. The Hall–Kier alpha value is -2.81. The fourth-order valence-electron chi connectivity index (χ4n) is 6.81. The summed E-state index contributed by atoms with van der Waals surface area (Å²) in [5, 5.41) is 12.9. The molecule has 4 atom stereocenters. The van der Waals surface area contributed by atoms with Crippen molar-refractivity contribution in [1.29, 1.82) is 0 Å². The molecule has 0 aliphatic carbocycles. The van der Waals surface area contributed by atoms with E-state index in [2.05, 4.69) is 0 Å². The first kappa shape index (κ1) is 31.6. The van der Waals surface area contributed by atoms with Gasteiger partial charge in [-0.05, 0) is 79.6 Å². The highest BCUT2D eigenvalue weighted by Crippen LogP contribution is 2.53. The van der Waals surface area contributed by atoms with Crippen LogP contribution in [0, 0.1) is 17.7 Å². The third kappa shape index (κ3) is 5.29. The van der Waals surface area contributed by atoms with Crippen molar-refractivity contribution in [3.63, 3.8) is 0 Å². The lowest BCUT2D eigenvalue weighted by Crippen LogP contribution is -2.50. The summed E-state index contributed by atoms with van der Waals surface area (Å²) in [4.78, 5) is 29.2. The third-order valence-electron chi connectivity index (χ3n) is 9.29. The second-order valence-electron chi connectivity index (χ2n) is 11.5. The second kappa shape index (κ2) is 12.3. The molecule has 0 saturated carbocycles. The first-order chi connectivity index (χ1) is 20.5. The van der Waals surface area contributed by atoms with Gasteiger partial charge in [0.25, 0.3) is 5.91 Å². The van der Waals surface area contributed by atoms with Crippen molar-refractivity contribution >= 4 is 34.9 Å². The molecule has 3 aromatic rings. The number of Topliss-reactive ketones (excluding diaryl/α,β-unsaturated/α-hetero) is 1. The van der Waals surface area contributed by atoms with Crippen LogP contribution in [0.25, 0.3) is 0 Å². The lowest BCUT2D eigenvalue weighted by atomic mass is 9.74. The maximum absolute atomic E-state index is 16.8. The van der Waals surface area contributed by atoms with Crippen LogP contribution in [0.4, 0.5) is 4.39 Å². The third-order valence-corrected chi connectivity index (χ3v) is 9.79. The Balaban J connectivity index is 1.79. The summed E-state index contributed by atoms with van der Waals surface area (Å²) in [5.41, 5.74) is -1.61. The molecule has 1 unspecified atom stereocenters. The highest BCUT2D eigenvalue weighted by molar-refractivity contribution is 6.30. The van der Waals surface area contributed by atoms with Gasteiger partial charge in [0.2, 0.25) is 0 Å². The molecule has 0 radical (unpaired) electrons. The number of aliphatic hydroxyl groups is 1. The largest absolute Gasteiger partial charge is 0.385 e. The summed E-state index contributed by atoms with van der Waals surface area (Å²) >= 11 is 12.4. The maximum Gasteiger partial charge on any atom is 0.257 e. The zero-order valence-corrected chi connectivity index (χ0v) is 26.2. The molecule has 2 aliphatic heterocycles. The Kier molecular flexibility index (Phi) is 9.04. The number of ether oxygens (including phenoxy) is 2. The molecular formula is C34H36Cl2FNO5. The van der Waals surface area contributed by atoms with Crippen LogP contribution in [0.15, 0.2) is 60.7 Å². The topological polar surface area (TPSA) is 76.1 Å². The monoisotopic (exact) mass is 627 g/mol. The first-order valence-corrected chi connectivity index (χ1v) is 15.3. The number of methoxy groups -OCH3 is 1. The summed E-state index contributed by atoms with van der Waals surface area (Å²) < 4.78 is 28.5. The van der Waals surface area contributed by atoms with E-state index in [4.69, 9.17) is 32.7 Å². The van der Waals surface area contributed by atoms with E-state index in [1.165, 1.54) is 25.0 Å². The predicted molar refractivity (Wildman–Crippen MR) is 164 cm³/mol. The van der Waals surface area contributed by atoms with Crippen molar-refractivity contribution in [1.82, 2.24) is 4.90 Å². The zero-order chi connectivity index (χ0) is 31.1. The molecular weight excluding hydrogens is 592 g/mol. The second-order valence-corrected chi connectivity index (χ2v) is 12.3. The molecule has 9 heteroatoms. The van der Waals surface area contributed by atoms with Crippen LogP contribution >= 0.6 is 23.2 Å². The molecule has 0 spiro atoms. The average Bonchev–Trinajstić information content (AvgIpc) is 3.27. The summed E-state index contributed by atoms with van der Waals surface area (Å²) in [6, 6.07) is 15.6. The van der Waals surface area contributed by atoms with Gasteiger partial charge in [-0.3, -0.25) is 14.5 Å². The molecule has 2 aliphatic rings. The minimum Gasteiger partial charge on any atom is -0.385 e. The standard InChI is InChI=1S/C34H36Cl2FNO5/c1-5-33(41,23-14-16-43-17-15-23)25-18-28-30(29(37)19-25)34(42-4,24-8-12-27(36)13-9-24)38(32(28)40)31(20(2)21(3)39)22-6-10-26(35)11-7-22/h6-13,18-20,23,31,41H,5,14-17H2,1-4H3/t20-,31+,33+,34?/m1/s1. The minimum atomic E-state index is -1.75. The van der Waals surface area contributed by atoms with Gasteiger partial charge in [0.15, 0.2) is 5.72 Å². The number of benzene rings is 3. The summed E-state index contributed by atoms with van der Waals surface area (Å²) in [6.07, 6.45) is 1.56. The van der Waals surface area contributed by atoms with E-state index in [0.717, 1.165) is 0 Å². The van der Waals surface area contributed by atoms with Crippen LogP contribution < -0.4 is 0 Å². The van der Waals surface area contributed by atoms with Crippen LogP contribution in [0.2, 0.25) is 10.0 Å². The summed E-state index contributed by atoms with van der Waals surface area (Å²) in [5.74, 6) is -2.24. The molecule has 6 nitrogen and oxygen atoms in total. The maximum atomic E-state index is 16.8. The Bertz CT molecular complexity index is 1510. The van der Waals surface area contributed by atoms with Gasteiger partial charge in [-0.1, -0.05) is 61.3 Å². The number of hydrogen-bond donors (Lipinski definition) is 1. The van der Waals surface area contributed by atoms with Crippen LogP contribution in [-0.2, 0) is 25.6 Å². The highest BCUT2D eigenvalue weighted by Gasteiger charge is 2.58. The number of amides is 1. The normalized spacial score (nSPS) is 21.8. The molecule has 1 amide bonds. The van der Waals surface area contributed by atoms with E-state index < -0.39 is 35.0 Å². The molecule has 5 rings (SSSR count). The van der Waals surface area contributed by atoms with Crippen molar-refractivity contribution in [3.8, 4) is 0 Å². The number of hydrogen-bond acceptors (Lipinski definition) is 5. The number of nitrogens with zero attached hydrogens (tertiary/aromatic N) is 1. The van der Waals surface area contributed by atoms with Gasteiger partial charge in [0.05, 0.1) is 22.8 Å². The van der Waals surface area contributed by atoms with Gasteiger partial charge in [-0.25, -0.2) is 4.39 Å². The van der Waals surface area contributed by atoms with E-state index in [9.17, 15) is 14.7 Å². The smallest absolute Gasteiger partial charge is 0.257 e. The van der Waals surface area contributed by atoms with Crippen molar-refractivity contribution in [2.45, 2.75) is 57.4 Å². The number of rotatable bonds is 9. The fourth-order valence-corrected chi connectivity index (χ4v) is 7.06. The minimum absolute atomic E-state index is 0.0196. The van der Waals surface area contributed by atoms with E-state index in [1.807, 2.05) is 6.92 Å². The van der Waals surface area contributed by atoms with Crippen molar-refractivity contribution in [2.24, 2.45) is 11.8 Å². The number of fused-ring (bicyclic) bond motifs is 1. The van der Waals surface area contributed by atoms with Crippen LogP contribution in [0.1, 0.15) is 78.7 Å². The Labute approximate surface area is 261 Å². The fraction of sp³-hybridized carbons (Fsp3) is 0.412. The van der Waals surface area contributed by atoms with Crippen LogP contribution in [-0.4, -0.2) is 42.0 Å². The molecule has 2 heterocycles.